The molecule has 0 saturated heterocycles. The second-order valence-corrected chi connectivity index (χ2v) is 6.69. The summed E-state index contributed by atoms with van der Waals surface area (Å²) in [5.74, 6) is -0.920. The minimum Gasteiger partial charge on any atom is -0.477 e. The lowest BCUT2D eigenvalue weighted by molar-refractivity contribution is 0.0701. The van der Waals surface area contributed by atoms with E-state index in [9.17, 15) is 9.90 Å². The Hall–Kier alpha value is -0.590. The van der Waals surface area contributed by atoms with E-state index in [1.165, 1.54) is 23.1 Å². The number of rotatable bonds is 3. The lowest BCUT2D eigenvalue weighted by atomic mass is 9.97. The van der Waals surface area contributed by atoms with Gasteiger partial charge in [-0.15, -0.1) is 11.3 Å². The number of carboxylic acids is 1. The van der Waals surface area contributed by atoms with Gasteiger partial charge in [0, 0.05) is 5.25 Å². The minimum absolute atomic E-state index is 0.163. The Morgan fingerprint density at radius 2 is 2.18 bits per heavy atom. The molecule has 0 amide bonds. The van der Waals surface area contributed by atoms with Crippen LogP contribution >= 0.6 is 23.1 Å². The summed E-state index contributed by atoms with van der Waals surface area (Å²) in [6.45, 7) is 1.71. The number of aliphatic hydroxyl groups is 1. The molecule has 1 aliphatic carbocycles. The molecule has 4 nitrogen and oxygen atoms in total. The SMILES string of the molecule is Cc1nc(SC2CCCCC2O)sc1C(=O)O. The van der Waals surface area contributed by atoms with Crippen LogP contribution in [-0.4, -0.2) is 32.5 Å². The molecule has 2 atom stereocenters. The van der Waals surface area contributed by atoms with Gasteiger partial charge in [-0.05, 0) is 19.8 Å². The molecule has 1 aromatic heterocycles. The average Bonchev–Trinajstić information content (AvgIpc) is 2.63. The van der Waals surface area contributed by atoms with Crippen molar-refractivity contribution in [3.63, 3.8) is 0 Å². The lowest BCUT2D eigenvalue weighted by Gasteiger charge is -2.25. The second kappa shape index (κ2) is 5.37. The molecule has 1 saturated carbocycles. The number of hydrogen-bond donors (Lipinski definition) is 2. The van der Waals surface area contributed by atoms with Gasteiger partial charge < -0.3 is 10.2 Å². The zero-order valence-electron chi connectivity index (χ0n) is 9.55. The molecule has 1 heterocycles. The van der Waals surface area contributed by atoms with Gasteiger partial charge in [-0.25, -0.2) is 9.78 Å². The Balaban J connectivity index is 2.07. The zero-order chi connectivity index (χ0) is 12.4. The Bertz CT molecular complexity index is 419. The summed E-state index contributed by atoms with van der Waals surface area (Å²) >= 11 is 2.72. The van der Waals surface area contributed by atoms with E-state index in [1.54, 1.807) is 6.92 Å². The van der Waals surface area contributed by atoms with Gasteiger partial charge in [-0.3, -0.25) is 0 Å². The topological polar surface area (TPSA) is 70.4 Å². The normalized spacial score (nSPS) is 24.8. The van der Waals surface area contributed by atoms with Gasteiger partial charge in [0.05, 0.1) is 11.8 Å². The third-order valence-electron chi connectivity index (χ3n) is 2.89. The molecule has 0 aromatic carbocycles. The summed E-state index contributed by atoms with van der Waals surface area (Å²) in [7, 11) is 0. The van der Waals surface area contributed by atoms with Crippen molar-refractivity contribution in [2.75, 3.05) is 0 Å². The maximum atomic E-state index is 10.9. The smallest absolute Gasteiger partial charge is 0.347 e. The molecular weight excluding hydrogens is 258 g/mol. The van der Waals surface area contributed by atoms with Gasteiger partial charge in [0.15, 0.2) is 4.34 Å². The van der Waals surface area contributed by atoms with Crippen LogP contribution in [0.1, 0.15) is 41.0 Å². The van der Waals surface area contributed by atoms with Crippen LogP contribution in [0.2, 0.25) is 0 Å². The van der Waals surface area contributed by atoms with Gasteiger partial charge in [-0.1, -0.05) is 24.6 Å². The van der Waals surface area contributed by atoms with Crippen molar-refractivity contribution in [2.24, 2.45) is 0 Å². The average molecular weight is 273 g/mol. The van der Waals surface area contributed by atoms with Crippen molar-refractivity contribution in [1.82, 2.24) is 4.98 Å². The summed E-state index contributed by atoms with van der Waals surface area (Å²) in [6, 6.07) is 0. The maximum Gasteiger partial charge on any atom is 0.347 e. The van der Waals surface area contributed by atoms with Crippen molar-refractivity contribution in [2.45, 2.75) is 48.3 Å². The van der Waals surface area contributed by atoms with E-state index in [2.05, 4.69) is 4.98 Å². The van der Waals surface area contributed by atoms with Gasteiger partial charge in [0.2, 0.25) is 0 Å². The zero-order valence-corrected chi connectivity index (χ0v) is 11.2. The van der Waals surface area contributed by atoms with Crippen LogP contribution in [0, 0.1) is 6.92 Å². The predicted molar refractivity (Wildman–Crippen MR) is 67.9 cm³/mol. The number of aryl methyl sites for hydroxylation is 1. The number of aliphatic hydroxyl groups excluding tert-OH is 1. The monoisotopic (exact) mass is 273 g/mol. The first-order chi connectivity index (χ1) is 8.08. The number of carbonyl (C=O) groups is 1. The number of thioether (sulfide) groups is 1. The number of hydrogen-bond acceptors (Lipinski definition) is 5. The quantitative estimate of drug-likeness (QED) is 0.885. The molecule has 1 aromatic rings. The molecular formula is C11H15NO3S2. The Kier molecular flexibility index (Phi) is 4.06. The highest BCUT2D eigenvalue weighted by Crippen LogP contribution is 2.36. The van der Waals surface area contributed by atoms with E-state index in [4.69, 9.17) is 5.11 Å². The van der Waals surface area contributed by atoms with E-state index in [0.29, 0.717) is 10.6 Å². The van der Waals surface area contributed by atoms with Crippen LogP contribution in [0.4, 0.5) is 0 Å². The summed E-state index contributed by atoms with van der Waals surface area (Å²) in [6.07, 6.45) is 3.74. The molecule has 0 radical (unpaired) electrons. The molecule has 2 N–H and O–H groups in total. The highest BCUT2D eigenvalue weighted by molar-refractivity contribution is 8.01. The Labute approximate surface area is 108 Å². The molecule has 1 fully saturated rings. The number of aromatic carboxylic acids is 1. The summed E-state index contributed by atoms with van der Waals surface area (Å²) in [4.78, 5) is 15.5. The third kappa shape index (κ3) is 3.00. The highest BCUT2D eigenvalue weighted by Gasteiger charge is 2.26. The van der Waals surface area contributed by atoms with Crippen molar-refractivity contribution in [3.8, 4) is 0 Å². The van der Waals surface area contributed by atoms with Crippen molar-refractivity contribution in [3.05, 3.63) is 10.6 Å². The molecule has 0 spiro atoms. The fraction of sp³-hybridized carbons (Fsp3) is 0.636. The summed E-state index contributed by atoms with van der Waals surface area (Å²) < 4.78 is 0.755. The van der Waals surface area contributed by atoms with Crippen LogP contribution in [0.15, 0.2) is 4.34 Å². The molecule has 94 valence electrons. The standard InChI is InChI=1S/C11H15NO3S2/c1-6-9(10(14)15)17-11(12-6)16-8-5-3-2-4-7(8)13/h7-8,13H,2-5H2,1H3,(H,14,15). The van der Waals surface area contributed by atoms with Crippen molar-refractivity contribution in [1.29, 1.82) is 0 Å². The van der Waals surface area contributed by atoms with E-state index < -0.39 is 5.97 Å². The first-order valence-electron chi connectivity index (χ1n) is 5.63. The largest absolute Gasteiger partial charge is 0.477 e. The highest BCUT2D eigenvalue weighted by atomic mass is 32.2. The number of nitrogens with zero attached hydrogens (tertiary/aromatic N) is 1. The molecule has 0 bridgehead atoms. The van der Waals surface area contributed by atoms with Crippen LogP contribution in [0.3, 0.4) is 0 Å². The fourth-order valence-corrected chi connectivity index (χ4v) is 4.44. The van der Waals surface area contributed by atoms with E-state index >= 15 is 0 Å². The van der Waals surface area contributed by atoms with Crippen LogP contribution in [-0.2, 0) is 0 Å². The molecule has 6 heteroatoms. The fourth-order valence-electron chi connectivity index (χ4n) is 1.96. The Morgan fingerprint density at radius 3 is 2.76 bits per heavy atom. The first-order valence-corrected chi connectivity index (χ1v) is 7.33. The van der Waals surface area contributed by atoms with Gasteiger partial charge in [-0.2, -0.15) is 0 Å². The number of thiazole rings is 1. The predicted octanol–water partition coefficient (Wildman–Crippen LogP) is 2.55. The van der Waals surface area contributed by atoms with Gasteiger partial charge in [0.1, 0.15) is 4.88 Å². The number of carboxylic acid groups (broad SMARTS) is 1. The molecule has 0 aliphatic heterocycles. The molecule has 1 aliphatic rings. The van der Waals surface area contributed by atoms with Crippen LogP contribution < -0.4 is 0 Å². The summed E-state index contributed by atoms with van der Waals surface area (Å²) in [5.41, 5.74) is 0.565. The van der Waals surface area contributed by atoms with Crippen LogP contribution in [0.5, 0.6) is 0 Å². The lowest BCUT2D eigenvalue weighted by Crippen LogP contribution is -2.26. The van der Waals surface area contributed by atoms with Gasteiger partial charge >= 0.3 is 5.97 Å². The van der Waals surface area contributed by atoms with E-state index in [-0.39, 0.29) is 11.4 Å². The van der Waals surface area contributed by atoms with E-state index in [0.717, 1.165) is 30.0 Å². The minimum atomic E-state index is -0.920. The van der Waals surface area contributed by atoms with E-state index in [1.807, 2.05) is 0 Å². The van der Waals surface area contributed by atoms with Crippen molar-refractivity contribution >= 4 is 29.1 Å². The second-order valence-electron chi connectivity index (χ2n) is 4.21. The molecule has 17 heavy (non-hydrogen) atoms. The Morgan fingerprint density at radius 1 is 1.47 bits per heavy atom. The van der Waals surface area contributed by atoms with Gasteiger partial charge in [0.25, 0.3) is 0 Å². The third-order valence-corrected chi connectivity index (χ3v) is 5.52. The van der Waals surface area contributed by atoms with Crippen LogP contribution in [0.25, 0.3) is 0 Å². The molecule has 2 rings (SSSR count). The van der Waals surface area contributed by atoms with Crippen molar-refractivity contribution < 1.29 is 15.0 Å². The summed E-state index contributed by atoms with van der Waals surface area (Å²) in [5, 5.41) is 19.0. The molecule has 2 unspecified atom stereocenters. The first kappa shape index (κ1) is 12.9. The number of aromatic nitrogens is 1. The maximum absolute atomic E-state index is 10.9.